The van der Waals surface area contributed by atoms with E-state index in [0.717, 1.165) is 17.3 Å². The van der Waals surface area contributed by atoms with Crippen molar-refractivity contribution in [3.63, 3.8) is 0 Å². The molecule has 1 aromatic carbocycles. The molecule has 0 saturated carbocycles. The summed E-state index contributed by atoms with van der Waals surface area (Å²) in [5.41, 5.74) is 2.03. The van der Waals surface area contributed by atoms with Gasteiger partial charge >= 0.3 is 5.97 Å². The fourth-order valence-corrected chi connectivity index (χ4v) is 1.28. The normalized spacial score (nSPS) is 9.47. The molecular formula is C12H15NO2. The number of esters is 1. The smallest absolute Gasteiger partial charge is 0.330 e. The largest absolute Gasteiger partial charge is 0.458 e. The van der Waals surface area contributed by atoms with Gasteiger partial charge in [-0.1, -0.05) is 24.8 Å². The van der Waals surface area contributed by atoms with Gasteiger partial charge in [0.25, 0.3) is 0 Å². The molecule has 0 bridgehead atoms. The maximum Gasteiger partial charge on any atom is 0.330 e. The van der Waals surface area contributed by atoms with Crippen molar-refractivity contribution in [2.75, 3.05) is 19.0 Å². The van der Waals surface area contributed by atoms with Crippen LogP contribution in [0.2, 0.25) is 0 Å². The summed E-state index contributed by atoms with van der Waals surface area (Å²) in [6.45, 7) is 3.62. The van der Waals surface area contributed by atoms with E-state index < -0.39 is 5.97 Å². The fraction of sp³-hybridized carbons (Fsp3) is 0.250. The molecule has 0 heterocycles. The van der Waals surface area contributed by atoms with Gasteiger partial charge in [-0.3, -0.25) is 0 Å². The number of hydrogen-bond acceptors (Lipinski definition) is 3. The van der Waals surface area contributed by atoms with E-state index in [1.54, 1.807) is 0 Å². The molecule has 0 spiro atoms. The van der Waals surface area contributed by atoms with Crippen LogP contribution in [0.4, 0.5) is 5.69 Å². The van der Waals surface area contributed by atoms with Crippen LogP contribution < -0.4 is 4.90 Å². The van der Waals surface area contributed by atoms with E-state index in [1.165, 1.54) is 0 Å². The third kappa shape index (κ3) is 3.13. The number of hydrogen-bond donors (Lipinski definition) is 0. The molecule has 0 aliphatic heterocycles. The van der Waals surface area contributed by atoms with Crippen LogP contribution in [-0.4, -0.2) is 20.1 Å². The Hall–Kier alpha value is -1.77. The van der Waals surface area contributed by atoms with E-state index in [2.05, 4.69) is 6.58 Å². The summed E-state index contributed by atoms with van der Waals surface area (Å²) in [6.07, 6.45) is 1.16. The van der Waals surface area contributed by atoms with E-state index >= 15 is 0 Å². The average Bonchev–Trinajstić information content (AvgIpc) is 2.26. The van der Waals surface area contributed by atoms with E-state index in [4.69, 9.17) is 4.74 Å². The van der Waals surface area contributed by atoms with Crippen LogP contribution in [0.25, 0.3) is 0 Å². The van der Waals surface area contributed by atoms with Crippen LogP contribution in [0.1, 0.15) is 5.56 Å². The number of nitrogens with zero attached hydrogens (tertiary/aromatic N) is 1. The Labute approximate surface area is 90.0 Å². The monoisotopic (exact) mass is 205 g/mol. The average molecular weight is 205 g/mol. The molecule has 0 unspecified atom stereocenters. The molecule has 0 amide bonds. The van der Waals surface area contributed by atoms with Gasteiger partial charge in [-0.15, -0.1) is 0 Å². The fourth-order valence-electron chi connectivity index (χ4n) is 1.28. The highest BCUT2D eigenvalue weighted by Gasteiger charge is 2.04. The predicted octanol–water partition coefficient (Wildman–Crippen LogP) is 1.98. The molecule has 1 aromatic rings. The quantitative estimate of drug-likeness (QED) is 0.556. The van der Waals surface area contributed by atoms with Gasteiger partial charge in [-0.25, -0.2) is 4.79 Å². The maximum atomic E-state index is 10.9. The molecule has 0 radical (unpaired) electrons. The van der Waals surface area contributed by atoms with Crippen LogP contribution in [0.5, 0.6) is 0 Å². The van der Waals surface area contributed by atoms with Crippen molar-refractivity contribution in [2.24, 2.45) is 0 Å². The van der Waals surface area contributed by atoms with Gasteiger partial charge in [0.2, 0.25) is 0 Å². The molecule has 3 nitrogen and oxygen atoms in total. The maximum absolute atomic E-state index is 10.9. The standard InChI is InChI=1S/C12H15NO2/c1-4-12(14)15-9-10-7-5-6-8-11(10)13(2)3/h4-8H,1,9H2,2-3H3. The molecule has 1 rings (SSSR count). The summed E-state index contributed by atoms with van der Waals surface area (Å²) >= 11 is 0. The van der Waals surface area contributed by atoms with Gasteiger partial charge in [-0.2, -0.15) is 0 Å². The molecule has 80 valence electrons. The lowest BCUT2D eigenvalue weighted by molar-refractivity contribution is -0.138. The highest BCUT2D eigenvalue weighted by Crippen LogP contribution is 2.18. The molecule has 0 N–H and O–H groups in total. The van der Waals surface area contributed by atoms with Crippen molar-refractivity contribution in [3.8, 4) is 0 Å². The Balaban J connectivity index is 2.75. The van der Waals surface area contributed by atoms with Crippen LogP contribution in [0.3, 0.4) is 0 Å². The summed E-state index contributed by atoms with van der Waals surface area (Å²) < 4.78 is 4.98. The van der Waals surface area contributed by atoms with Gasteiger partial charge in [0, 0.05) is 31.4 Å². The zero-order valence-corrected chi connectivity index (χ0v) is 9.06. The van der Waals surface area contributed by atoms with Crippen molar-refractivity contribution in [2.45, 2.75) is 6.61 Å². The van der Waals surface area contributed by atoms with Gasteiger partial charge < -0.3 is 9.64 Å². The van der Waals surface area contributed by atoms with Crippen molar-refractivity contribution in [1.82, 2.24) is 0 Å². The van der Waals surface area contributed by atoms with E-state index in [1.807, 2.05) is 43.3 Å². The number of carbonyl (C=O) groups excluding carboxylic acids is 1. The minimum atomic E-state index is -0.399. The van der Waals surface area contributed by atoms with Gasteiger partial charge in [-0.05, 0) is 6.07 Å². The number of benzene rings is 1. The third-order valence-electron chi connectivity index (χ3n) is 2.01. The van der Waals surface area contributed by atoms with Gasteiger partial charge in [0.05, 0.1) is 0 Å². The highest BCUT2D eigenvalue weighted by atomic mass is 16.5. The van der Waals surface area contributed by atoms with Gasteiger partial charge in [0.1, 0.15) is 6.61 Å². The van der Waals surface area contributed by atoms with Crippen LogP contribution in [-0.2, 0) is 16.1 Å². The minimum absolute atomic E-state index is 0.277. The topological polar surface area (TPSA) is 29.5 Å². The highest BCUT2D eigenvalue weighted by molar-refractivity contribution is 5.81. The molecule has 0 fully saturated rings. The SMILES string of the molecule is C=CC(=O)OCc1ccccc1N(C)C. The molecule has 3 heteroatoms. The van der Waals surface area contributed by atoms with E-state index in [9.17, 15) is 4.79 Å². The summed E-state index contributed by atoms with van der Waals surface area (Å²) in [5, 5.41) is 0. The molecule has 0 aliphatic carbocycles. The Morgan fingerprint density at radius 3 is 2.73 bits per heavy atom. The van der Waals surface area contributed by atoms with E-state index in [-0.39, 0.29) is 6.61 Å². The first-order chi connectivity index (χ1) is 7.15. The first kappa shape index (κ1) is 11.3. The molecule has 15 heavy (non-hydrogen) atoms. The number of rotatable bonds is 4. The Bertz CT molecular complexity index is 358. The number of ether oxygens (including phenoxy) is 1. The summed E-state index contributed by atoms with van der Waals surface area (Å²) in [7, 11) is 3.91. The Morgan fingerprint density at radius 2 is 2.13 bits per heavy atom. The summed E-state index contributed by atoms with van der Waals surface area (Å²) in [6, 6.07) is 7.79. The first-order valence-electron chi connectivity index (χ1n) is 4.69. The Kier molecular flexibility index (Phi) is 3.92. The lowest BCUT2D eigenvalue weighted by atomic mass is 10.2. The molecular weight excluding hydrogens is 190 g/mol. The number of anilines is 1. The molecule has 0 atom stereocenters. The predicted molar refractivity (Wildman–Crippen MR) is 60.8 cm³/mol. The van der Waals surface area contributed by atoms with Crippen molar-refractivity contribution >= 4 is 11.7 Å². The minimum Gasteiger partial charge on any atom is -0.458 e. The van der Waals surface area contributed by atoms with Crippen LogP contribution >= 0.6 is 0 Å². The first-order valence-corrected chi connectivity index (χ1v) is 4.69. The third-order valence-corrected chi connectivity index (χ3v) is 2.01. The molecule has 0 aliphatic rings. The van der Waals surface area contributed by atoms with Crippen molar-refractivity contribution in [1.29, 1.82) is 0 Å². The summed E-state index contributed by atoms with van der Waals surface area (Å²) in [5.74, 6) is -0.399. The molecule has 0 saturated heterocycles. The van der Waals surface area contributed by atoms with Crippen molar-refractivity contribution in [3.05, 3.63) is 42.5 Å². The van der Waals surface area contributed by atoms with Gasteiger partial charge in [0.15, 0.2) is 0 Å². The second-order valence-corrected chi connectivity index (χ2v) is 3.33. The number of para-hydroxylation sites is 1. The Morgan fingerprint density at radius 1 is 1.47 bits per heavy atom. The van der Waals surface area contributed by atoms with E-state index in [0.29, 0.717) is 0 Å². The zero-order valence-electron chi connectivity index (χ0n) is 9.06. The number of carbonyl (C=O) groups is 1. The second kappa shape index (κ2) is 5.20. The zero-order chi connectivity index (χ0) is 11.3. The van der Waals surface area contributed by atoms with Crippen LogP contribution in [0, 0.1) is 0 Å². The lowest BCUT2D eigenvalue weighted by Crippen LogP contribution is -2.12. The van der Waals surface area contributed by atoms with Crippen molar-refractivity contribution < 1.29 is 9.53 Å². The van der Waals surface area contributed by atoms with Crippen LogP contribution in [0.15, 0.2) is 36.9 Å². The molecule has 0 aromatic heterocycles. The summed E-state index contributed by atoms with van der Waals surface area (Å²) in [4.78, 5) is 12.9. The lowest BCUT2D eigenvalue weighted by Gasteiger charge is -2.16. The second-order valence-electron chi connectivity index (χ2n) is 3.33.